The molecule has 3 aromatic carbocycles. The number of thioether (sulfide) groups is 1. The largest absolute Gasteiger partial charge is 0.494 e. The summed E-state index contributed by atoms with van der Waals surface area (Å²) < 4.78 is 7.64. The minimum absolute atomic E-state index is 0.0568. The highest BCUT2D eigenvalue weighted by molar-refractivity contribution is 7.99. The number of para-hydroxylation sites is 1. The topological polar surface area (TPSA) is 69.0 Å². The van der Waals surface area contributed by atoms with Crippen LogP contribution >= 0.6 is 11.8 Å². The Bertz CT molecular complexity index is 1410. The highest BCUT2D eigenvalue weighted by Gasteiger charge is 2.21. The third-order valence-corrected chi connectivity index (χ3v) is 7.32. The lowest BCUT2D eigenvalue weighted by Crippen LogP contribution is -2.20. The zero-order valence-electron chi connectivity index (χ0n) is 23.9. The van der Waals surface area contributed by atoms with Gasteiger partial charge in [0.15, 0.2) is 11.0 Å². The Morgan fingerprint density at radius 2 is 1.54 bits per heavy atom. The molecule has 6 nitrogen and oxygen atoms in total. The van der Waals surface area contributed by atoms with E-state index in [9.17, 15) is 4.79 Å². The molecule has 0 bridgehead atoms. The van der Waals surface area contributed by atoms with Gasteiger partial charge >= 0.3 is 0 Å². The number of anilines is 1. The van der Waals surface area contributed by atoms with E-state index in [1.807, 2.05) is 54.0 Å². The van der Waals surface area contributed by atoms with E-state index in [2.05, 4.69) is 87.4 Å². The van der Waals surface area contributed by atoms with Crippen LogP contribution in [0.3, 0.4) is 0 Å². The van der Waals surface area contributed by atoms with Crippen LogP contribution in [0.2, 0.25) is 0 Å². The molecule has 0 aliphatic rings. The summed E-state index contributed by atoms with van der Waals surface area (Å²) in [5.41, 5.74) is 5.02. The van der Waals surface area contributed by atoms with Crippen molar-refractivity contribution in [3.8, 4) is 22.8 Å². The Balaban J connectivity index is 1.62. The second-order valence-corrected chi connectivity index (χ2v) is 12.5. The van der Waals surface area contributed by atoms with Gasteiger partial charge < -0.3 is 10.1 Å². The van der Waals surface area contributed by atoms with Crippen molar-refractivity contribution in [2.75, 3.05) is 17.7 Å². The lowest BCUT2D eigenvalue weighted by molar-refractivity contribution is -0.113. The van der Waals surface area contributed by atoms with Gasteiger partial charge in [-0.1, -0.05) is 95.8 Å². The fourth-order valence-corrected chi connectivity index (χ4v) is 5.07. The maximum Gasteiger partial charge on any atom is 0.234 e. The number of benzene rings is 3. The van der Waals surface area contributed by atoms with E-state index in [0.29, 0.717) is 11.8 Å². The first-order valence-corrected chi connectivity index (χ1v) is 14.3. The number of rotatable bonds is 8. The zero-order chi connectivity index (χ0) is 28.2. The minimum atomic E-state index is -0.0889. The Kier molecular flexibility index (Phi) is 8.50. The SMILES string of the molecule is CCOc1ccc(-n2c(SCC(=O)Nc3ccccc3C(C)(C)C)nnc2-c2ccc(C(C)(C)C)cc2)cc1. The molecule has 4 aromatic rings. The molecule has 1 N–H and O–H groups in total. The molecule has 0 aliphatic heterocycles. The van der Waals surface area contributed by atoms with Crippen molar-refractivity contribution < 1.29 is 9.53 Å². The first-order chi connectivity index (χ1) is 18.5. The molecular weight excluding hydrogens is 504 g/mol. The van der Waals surface area contributed by atoms with Crippen LogP contribution in [-0.2, 0) is 15.6 Å². The van der Waals surface area contributed by atoms with E-state index < -0.39 is 0 Å². The molecule has 1 amide bonds. The summed E-state index contributed by atoms with van der Waals surface area (Å²) in [6.45, 7) is 15.6. The van der Waals surface area contributed by atoms with E-state index in [0.717, 1.165) is 34.1 Å². The third kappa shape index (κ3) is 6.90. The normalized spacial score (nSPS) is 11.9. The van der Waals surface area contributed by atoms with Crippen LogP contribution in [0.15, 0.2) is 78.0 Å². The standard InChI is InChI=1S/C32H38N4O2S/c1-8-38-25-19-17-24(18-20-25)36-29(22-13-15-23(16-14-22)31(2,3)4)34-35-30(36)39-21-28(37)33-27-12-10-9-11-26(27)32(5,6)7/h9-20H,8,21H2,1-7H3,(H,33,37). The predicted octanol–water partition coefficient (Wildman–Crippen LogP) is 7.66. The Labute approximate surface area is 236 Å². The summed E-state index contributed by atoms with van der Waals surface area (Å²) in [7, 11) is 0. The second kappa shape index (κ2) is 11.7. The number of nitrogens with zero attached hydrogens (tertiary/aromatic N) is 3. The highest BCUT2D eigenvalue weighted by atomic mass is 32.2. The van der Waals surface area contributed by atoms with Gasteiger partial charge in [-0.15, -0.1) is 10.2 Å². The van der Waals surface area contributed by atoms with Crippen molar-refractivity contribution in [3.05, 3.63) is 83.9 Å². The van der Waals surface area contributed by atoms with Gasteiger partial charge in [0.2, 0.25) is 5.91 Å². The molecule has 0 fully saturated rings. The van der Waals surface area contributed by atoms with Crippen LogP contribution in [0.1, 0.15) is 59.6 Å². The average molecular weight is 543 g/mol. The molecule has 7 heteroatoms. The molecule has 0 radical (unpaired) electrons. The first-order valence-electron chi connectivity index (χ1n) is 13.3. The maximum absolute atomic E-state index is 13.0. The summed E-state index contributed by atoms with van der Waals surface area (Å²) in [6, 6.07) is 24.3. The molecule has 204 valence electrons. The van der Waals surface area contributed by atoms with Gasteiger partial charge in [0.1, 0.15) is 5.75 Å². The Morgan fingerprint density at radius 1 is 0.872 bits per heavy atom. The molecule has 0 spiro atoms. The van der Waals surface area contributed by atoms with Crippen LogP contribution in [0.25, 0.3) is 17.1 Å². The molecule has 39 heavy (non-hydrogen) atoms. The van der Waals surface area contributed by atoms with Gasteiger partial charge in [-0.25, -0.2) is 0 Å². The lowest BCUT2D eigenvalue weighted by atomic mass is 9.86. The number of nitrogens with one attached hydrogen (secondary N) is 1. The van der Waals surface area contributed by atoms with Crippen molar-refractivity contribution in [1.29, 1.82) is 0 Å². The van der Waals surface area contributed by atoms with E-state index >= 15 is 0 Å². The van der Waals surface area contributed by atoms with Crippen LogP contribution in [0, 0.1) is 0 Å². The molecule has 4 rings (SSSR count). The fourth-order valence-electron chi connectivity index (χ4n) is 4.32. The monoisotopic (exact) mass is 542 g/mol. The third-order valence-electron chi connectivity index (χ3n) is 6.39. The summed E-state index contributed by atoms with van der Waals surface area (Å²) >= 11 is 1.37. The van der Waals surface area contributed by atoms with Gasteiger partial charge in [-0.2, -0.15) is 0 Å². The molecule has 1 heterocycles. The molecule has 0 saturated heterocycles. The van der Waals surface area contributed by atoms with Crippen LogP contribution < -0.4 is 10.1 Å². The number of aromatic nitrogens is 3. The van der Waals surface area contributed by atoms with Crippen molar-refractivity contribution in [2.45, 2.75) is 64.5 Å². The number of amides is 1. The van der Waals surface area contributed by atoms with Crippen molar-refractivity contribution in [3.63, 3.8) is 0 Å². The van der Waals surface area contributed by atoms with Gasteiger partial charge in [0, 0.05) is 16.9 Å². The molecule has 0 unspecified atom stereocenters. The van der Waals surface area contributed by atoms with Crippen molar-refractivity contribution in [2.24, 2.45) is 0 Å². The zero-order valence-corrected chi connectivity index (χ0v) is 24.7. The molecular formula is C32H38N4O2S. The summed E-state index contributed by atoms with van der Waals surface area (Å²) in [6.07, 6.45) is 0. The first kappa shape index (κ1) is 28.4. The van der Waals surface area contributed by atoms with Gasteiger partial charge in [0.25, 0.3) is 0 Å². The molecule has 0 saturated carbocycles. The Morgan fingerprint density at radius 3 is 2.15 bits per heavy atom. The van der Waals surface area contributed by atoms with Gasteiger partial charge in [-0.05, 0) is 59.2 Å². The molecule has 1 aromatic heterocycles. The predicted molar refractivity (Wildman–Crippen MR) is 161 cm³/mol. The number of carbonyl (C=O) groups excluding carboxylic acids is 1. The quantitative estimate of drug-likeness (QED) is 0.232. The van der Waals surface area contributed by atoms with Crippen LogP contribution in [-0.4, -0.2) is 33.0 Å². The van der Waals surface area contributed by atoms with E-state index in [1.54, 1.807) is 0 Å². The molecule has 0 aliphatic carbocycles. The minimum Gasteiger partial charge on any atom is -0.494 e. The fraction of sp³-hybridized carbons (Fsp3) is 0.344. The second-order valence-electron chi connectivity index (χ2n) is 11.5. The Hall–Kier alpha value is -3.58. The summed E-state index contributed by atoms with van der Waals surface area (Å²) in [5.74, 6) is 1.64. The summed E-state index contributed by atoms with van der Waals surface area (Å²) in [4.78, 5) is 13.0. The lowest BCUT2D eigenvalue weighted by Gasteiger charge is -2.23. The number of ether oxygens (including phenoxy) is 1. The van der Waals surface area contributed by atoms with Crippen molar-refractivity contribution >= 4 is 23.4 Å². The van der Waals surface area contributed by atoms with Crippen LogP contribution in [0.5, 0.6) is 5.75 Å². The molecule has 0 atom stereocenters. The summed E-state index contributed by atoms with van der Waals surface area (Å²) in [5, 5.41) is 12.8. The van der Waals surface area contributed by atoms with E-state index in [4.69, 9.17) is 4.74 Å². The van der Waals surface area contributed by atoms with Crippen LogP contribution in [0.4, 0.5) is 5.69 Å². The van der Waals surface area contributed by atoms with Gasteiger partial charge in [0.05, 0.1) is 12.4 Å². The highest BCUT2D eigenvalue weighted by Crippen LogP contribution is 2.32. The average Bonchev–Trinajstić information content (AvgIpc) is 3.31. The number of hydrogen-bond acceptors (Lipinski definition) is 5. The number of hydrogen-bond donors (Lipinski definition) is 1. The number of carbonyl (C=O) groups is 1. The van der Waals surface area contributed by atoms with Gasteiger partial charge in [-0.3, -0.25) is 9.36 Å². The maximum atomic E-state index is 13.0. The van der Waals surface area contributed by atoms with E-state index in [-0.39, 0.29) is 22.5 Å². The smallest absolute Gasteiger partial charge is 0.234 e. The van der Waals surface area contributed by atoms with Crippen molar-refractivity contribution in [1.82, 2.24) is 14.8 Å². The van der Waals surface area contributed by atoms with E-state index in [1.165, 1.54) is 17.3 Å².